The van der Waals surface area contributed by atoms with E-state index < -0.39 is 10.0 Å². The fourth-order valence-corrected chi connectivity index (χ4v) is 5.07. The van der Waals surface area contributed by atoms with Crippen LogP contribution in [0.15, 0.2) is 42.5 Å². The van der Waals surface area contributed by atoms with Crippen LogP contribution in [0, 0.1) is 5.92 Å². The molecule has 1 amide bonds. The lowest BCUT2D eigenvalue weighted by atomic mass is 9.91. The largest absolute Gasteiger partial charge is 0.399 e. The molecule has 32 heavy (non-hydrogen) atoms. The van der Waals surface area contributed by atoms with E-state index in [1.54, 1.807) is 6.07 Å². The Morgan fingerprint density at radius 1 is 1.22 bits per heavy atom. The van der Waals surface area contributed by atoms with Crippen LogP contribution in [0.25, 0.3) is 10.9 Å². The number of nitrogens with zero attached hydrogens (tertiary/aromatic N) is 1. The maximum Gasteiger partial charge on any atom is 0.229 e. The first kappa shape index (κ1) is 22.2. The highest BCUT2D eigenvalue weighted by Gasteiger charge is 2.27. The molecule has 0 saturated heterocycles. The molecule has 8 heteroatoms. The van der Waals surface area contributed by atoms with Crippen molar-refractivity contribution in [2.24, 2.45) is 5.92 Å². The molecule has 1 atom stereocenters. The highest BCUT2D eigenvalue weighted by molar-refractivity contribution is 7.92. The Morgan fingerprint density at radius 2 is 1.97 bits per heavy atom. The Balaban J connectivity index is 1.75. The van der Waals surface area contributed by atoms with E-state index in [-0.39, 0.29) is 17.9 Å². The summed E-state index contributed by atoms with van der Waals surface area (Å²) in [5.41, 5.74) is 11.8. The standard InChI is InChI=1S/C24H30N4O3S/c1-15(2)24(29)26-18-9-11-23-20(13-18)19-12-17(25)8-10-22(19)28(23)14-16-6-4-5-7-21(16)27-32(3,30)31/h4-8,10,12,15,18,27H,9,11,13-14,25H2,1-3H3,(H,26,29). The van der Waals surface area contributed by atoms with E-state index in [0.717, 1.165) is 42.0 Å². The van der Waals surface area contributed by atoms with E-state index in [4.69, 9.17) is 5.73 Å². The van der Waals surface area contributed by atoms with Gasteiger partial charge in [-0.3, -0.25) is 9.52 Å². The lowest BCUT2D eigenvalue weighted by molar-refractivity contribution is -0.124. The number of carbonyl (C=O) groups is 1. The maximum atomic E-state index is 12.2. The average molecular weight is 455 g/mol. The molecule has 0 saturated carbocycles. The number of aromatic nitrogens is 1. The lowest BCUT2D eigenvalue weighted by Crippen LogP contribution is -2.41. The smallest absolute Gasteiger partial charge is 0.229 e. The van der Waals surface area contributed by atoms with Crippen LogP contribution < -0.4 is 15.8 Å². The second-order valence-electron chi connectivity index (χ2n) is 8.92. The van der Waals surface area contributed by atoms with Crippen molar-refractivity contribution in [2.45, 2.75) is 45.7 Å². The molecule has 170 valence electrons. The van der Waals surface area contributed by atoms with Gasteiger partial charge in [0.15, 0.2) is 0 Å². The second-order valence-corrected chi connectivity index (χ2v) is 10.7. The number of nitrogens with two attached hydrogens (primary N) is 1. The van der Waals surface area contributed by atoms with Gasteiger partial charge in [0, 0.05) is 40.8 Å². The van der Waals surface area contributed by atoms with E-state index in [2.05, 4.69) is 14.6 Å². The summed E-state index contributed by atoms with van der Waals surface area (Å²) < 4.78 is 28.6. The molecule has 4 N–H and O–H groups in total. The summed E-state index contributed by atoms with van der Waals surface area (Å²) in [4.78, 5) is 12.2. The minimum atomic E-state index is -3.39. The fourth-order valence-electron chi connectivity index (χ4n) is 4.47. The molecule has 1 heterocycles. The summed E-state index contributed by atoms with van der Waals surface area (Å²) in [5.74, 6) is 0.0229. The SMILES string of the molecule is CC(C)C(=O)NC1CCc2c(c3cc(N)ccc3n2Cc2ccccc2NS(C)(=O)=O)C1. The van der Waals surface area contributed by atoms with Gasteiger partial charge in [-0.05, 0) is 54.7 Å². The molecule has 0 spiro atoms. The van der Waals surface area contributed by atoms with Gasteiger partial charge in [0.25, 0.3) is 0 Å². The van der Waals surface area contributed by atoms with Crippen LogP contribution in [0.4, 0.5) is 11.4 Å². The lowest BCUT2D eigenvalue weighted by Gasteiger charge is -2.26. The first-order valence-corrected chi connectivity index (χ1v) is 12.8. The van der Waals surface area contributed by atoms with Crippen molar-refractivity contribution in [1.29, 1.82) is 0 Å². The summed E-state index contributed by atoms with van der Waals surface area (Å²) in [6.07, 6.45) is 3.60. The highest BCUT2D eigenvalue weighted by atomic mass is 32.2. The summed E-state index contributed by atoms with van der Waals surface area (Å²) in [5, 5.41) is 4.27. The van der Waals surface area contributed by atoms with Gasteiger partial charge in [-0.2, -0.15) is 0 Å². The minimum Gasteiger partial charge on any atom is -0.399 e. The summed E-state index contributed by atoms with van der Waals surface area (Å²) in [6.45, 7) is 4.34. The Hall–Kier alpha value is -3.00. The molecule has 4 rings (SSSR count). The zero-order valence-electron chi connectivity index (χ0n) is 18.7. The molecule has 0 fully saturated rings. The first-order valence-electron chi connectivity index (χ1n) is 10.9. The van der Waals surface area contributed by atoms with Crippen molar-refractivity contribution in [3.63, 3.8) is 0 Å². The number of carbonyl (C=O) groups excluding carboxylic acids is 1. The van der Waals surface area contributed by atoms with E-state index in [0.29, 0.717) is 17.9 Å². The number of benzene rings is 2. The number of nitrogens with one attached hydrogen (secondary N) is 2. The number of rotatable bonds is 6. The molecule has 0 aliphatic heterocycles. The normalized spacial score (nSPS) is 16.2. The molecule has 1 unspecified atom stereocenters. The van der Waals surface area contributed by atoms with Crippen molar-refractivity contribution in [1.82, 2.24) is 9.88 Å². The minimum absolute atomic E-state index is 0.0489. The van der Waals surface area contributed by atoms with Gasteiger partial charge in [0.05, 0.1) is 11.9 Å². The summed E-state index contributed by atoms with van der Waals surface area (Å²) in [7, 11) is -3.39. The van der Waals surface area contributed by atoms with Crippen LogP contribution in [-0.2, 0) is 34.2 Å². The van der Waals surface area contributed by atoms with Crippen LogP contribution in [0.1, 0.15) is 37.1 Å². The van der Waals surface area contributed by atoms with Crippen molar-refractivity contribution in [2.75, 3.05) is 16.7 Å². The predicted molar refractivity (Wildman–Crippen MR) is 129 cm³/mol. The molecule has 1 aromatic heterocycles. The van der Waals surface area contributed by atoms with Crippen molar-refractivity contribution < 1.29 is 13.2 Å². The molecule has 0 radical (unpaired) electrons. The second kappa shape index (κ2) is 8.50. The maximum absolute atomic E-state index is 12.2. The number of fused-ring (bicyclic) bond motifs is 3. The Morgan fingerprint density at radius 3 is 2.69 bits per heavy atom. The Bertz CT molecular complexity index is 1280. The van der Waals surface area contributed by atoms with Gasteiger partial charge < -0.3 is 15.6 Å². The predicted octanol–water partition coefficient (Wildman–Crippen LogP) is 3.27. The average Bonchev–Trinajstić information content (AvgIpc) is 3.00. The van der Waals surface area contributed by atoms with Crippen molar-refractivity contribution in [3.8, 4) is 0 Å². The molecule has 1 aliphatic carbocycles. The molecular formula is C24H30N4O3S. The third-order valence-corrected chi connectivity index (χ3v) is 6.59. The Labute approximate surface area is 189 Å². The first-order chi connectivity index (χ1) is 15.1. The topological polar surface area (TPSA) is 106 Å². The highest BCUT2D eigenvalue weighted by Crippen LogP contribution is 2.35. The third-order valence-electron chi connectivity index (χ3n) is 6.00. The monoisotopic (exact) mass is 454 g/mol. The molecule has 3 aromatic rings. The fraction of sp³-hybridized carbons (Fsp3) is 0.375. The number of hydrogen-bond acceptors (Lipinski definition) is 4. The molecule has 0 bridgehead atoms. The van der Waals surface area contributed by atoms with E-state index >= 15 is 0 Å². The third kappa shape index (κ3) is 4.60. The van der Waals surface area contributed by atoms with E-state index in [1.807, 2.05) is 50.2 Å². The number of hydrogen-bond donors (Lipinski definition) is 3. The van der Waals surface area contributed by atoms with Crippen LogP contribution in [-0.4, -0.2) is 31.2 Å². The van der Waals surface area contributed by atoms with Crippen LogP contribution in [0.5, 0.6) is 0 Å². The zero-order valence-corrected chi connectivity index (χ0v) is 19.5. The van der Waals surface area contributed by atoms with Crippen LogP contribution in [0.3, 0.4) is 0 Å². The number of nitrogen functional groups attached to an aromatic ring is 1. The van der Waals surface area contributed by atoms with Crippen LogP contribution >= 0.6 is 0 Å². The van der Waals surface area contributed by atoms with Gasteiger partial charge in [-0.25, -0.2) is 8.42 Å². The van der Waals surface area contributed by atoms with Crippen molar-refractivity contribution in [3.05, 3.63) is 59.3 Å². The summed E-state index contributed by atoms with van der Waals surface area (Å²) in [6, 6.07) is 13.5. The van der Waals surface area contributed by atoms with Gasteiger partial charge in [0.1, 0.15) is 0 Å². The van der Waals surface area contributed by atoms with Crippen LogP contribution in [0.2, 0.25) is 0 Å². The summed E-state index contributed by atoms with van der Waals surface area (Å²) >= 11 is 0. The van der Waals surface area contributed by atoms with E-state index in [1.165, 1.54) is 11.3 Å². The number of amides is 1. The molecular weight excluding hydrogens is 424 g/mol. The van der Waals surface area contributed by atoms with E-state index in [9.17, 15) is 13.2 Å². The van der Waals surface area contributed by atoms with Gasteiger partial charge >= 0.3 is 0 Å². The molecule has 2 aromatic carbocycles. The number of anilines is 2. The quantitative estimate of drug-likeness (QED) is 0.497. The van der Waals surface area contributed by atoms with Gasteiger partial charge in [-0.15, -0.1) is 0 Å². The van der Waals surface area contributed by atoms with Gasteiger partial charge in [0.2, 0.25) is 15.9 Å². The zero-order chi connectivity index (χ0) is 23.0. The molecule has 1 aliphatic rings. The number of para-hydroxylation sites is 1. The number of sulfonamides is 1. The Kier molecular flexibility index (Phi) is 5.90. The van der Waals surface area contributed by atoms with Gasteiger partial charge in [-0.1, -0.05) is 32.0 Å². The van der Waals surface area contributed by atoms with Crippen molar-refractivity contribution >= 4 is 38.2 Å². The molecule has 7 nitrogen and oxygen atoms in total.